The van der Waals surface area contributed by atoms with E-state index in [4.69, 9.17) is 15.0 Å². The SMILES string of the molecule is C1=Cc2ccccc2NC1.O=C([O-])[O-].[Ca+2]. The molecular weight excluding hydrogens is 222 g/mol. The van der Waals surface area contributed by atoms with E-state index in [0.717, 1.165) is 6.54 Å². The average Bonchev–Trinajstić information content (AvgIpc) is 2.17. The van der Waals surface area contributed by atoms with Crippen LogP contribution in [0.2, 0.25) is 0 Å². The summed E-state index contributed by atoms with van der Waals surface area (Å²) in [7, 11) is 0. The van der Waals surface area contributed by atoms with Crippen LogP contribution >= 0.6 is 0 Å². The second-order valence-corrected chi connectivity index (χ2v) is 2.62. The molecule has 2 rings (SSSR count). The second-order valence-electron chi connectivity index (χ2n) is 2.62. The quantitative estimate of drug-likeness (QED) is 0.599. The summed E-state index contributed by atoms with van der Waals surface area (Å²) < 4.78 is 0. The molecule has 1 aromatic carbocycles. The summed E-state index contributed by atoms with van der Waals surface area (Å²) >= 11 is 0. The van der Waals surface area contributed by atoms with Crippen molar-refractivity contribution in [1.29, 1.82) is 0 Å². The number of carboxylic acid groups (broad SMARTS) is 2. The summed E-state index contributed by atoms with van der Waals surface area (Å²) in [4.78, 5) is 8.33. The van der Waals surface area contributed by atoms with Gasteiger partial charge in [0.2, 0.25) is 0 Å². The number of anilines is 1. The molecule has 0 unspecified atom stereocenters. The molecule has 0 radical (unpaired) electrons. The molecule has 4 nitrogen and oxygen atoms in total. The number of benzene rings is 1. The van der Waals surface area contributed by atoms with Crippen LogP contribution < -0.4 is 15.5 Å². The molecule has 74 valence electrons. The first kappa shape index (κ1) is 14.3. The van der Waals surface area contributed by atoms with Crippen molar-refractivity contribution >= 4 is 55.7 Å². The van der Waals surface area contributed by atoms with Crippen LogP contribution in [0.1, 0.15) is 5.56 Å². The number of fused-ring (bicyclic) bond motifs is 1. The first-order chi connectivity index (χ1) is 6.70. The predicted octanol–water partition coefficient (Wildman–Crippen LogP) is -0.703. The third-order valence-corrected chi connectivity index (χ3v) is 1.67. The fraction of sp³-hybridized carbons (Fsp3) is 0.100. The minimum absolute atomic E-state index is 0. The van der Waals surface area contributed by atoms with Crippen molar-refractivity contribution in [2.45, 2.75) is 0 Å². The Labute approximate surface area is 118 Å². The van der Waals surface area contributed by atoms with Gasteiger partial charge in [-0.15, -0.1) is 0 Å². The Balaban J connectivity index is 0.000000346. The van der Waals surface area contributed by atoms with E-state index in [2.05, 4.69) is 35.7 Å². The topological polar surface area (TPSA) is 75.2 Å². The Hall–Kier alpha value is -0.710. The third-order valence-electron chi connectivity index (χ3n) is 1.67. The zero-order chi connectivity index (χ0) is 10.4. The number of hydrogen-bond acceptors (Lipinski definition) is 4. The van der Waals surface area contributed by atoms with Crippen LogP contribution in [0.15, 0.2) is 30.3 Å². The number of para-hydroxylation sites is 1. The van der Waals surface area contributed by atoms with Crippen LogP contribution in [0.3, 0.4) is 0 Å². The van der Waals surface area contributed by atoms with Crippen LogP contribution in [0.25, 0.3) is 6.08 Å². The Morgan fingerprint density at radius 3 is 2.47 bits per heavy atom. The molecule has 1 heterocycles. The molecular formula is C10H9CaNO3. The van der Waals surface area contributed by atoms with Gasteiger partial charge in [-0.2, -0.15) is 0 Å². The minimum atomic E-state index is -2.33. The summed E-state index contributed by atoms with van der Waals surface area (Å²) in [6.45, 7) is 0.955. The van der Waals surface area contributed by atoms with Gasteiger partial charge in [-0.05, 0) is 17.8 Å². The molecule has 0 spiro atoms. The molecule has 0 amide bonds. The number of rotatable bonds is 0. The van der Waals surface area contributed by atoms with Crippen LogP contribution in [-0.2, 0) is 0 Å². The van der Waals surface area contributed by atoms with Gasteiger partial charge in [0.25, 0.3) is 0 Å². The van der Waals surface area contributed by atoms with Crippen molar-refractivity contribution in [2.24, 2.45) is 0 Å². The van der Waals surface area contributed by atoms with Gasteiger partial charge in [0.1, 0.15) is 0 Å². The molecule has 0 bridgehead atoms. The van der Waals surface area contributed by atoms with E-state index in [9.17, 15) is 0 Å². The fourth-order valence-electron chi connectivity index (χ4n) is 1.16. The van der Waals surface area contributed by atoms with Gasteiger partial charge in [0.05, 0.1) is 0 Å². The molecule has 0 saturated carbocycles. The van der Waals surface area contributed by atoms with Crippen molar-refractivity contribution in [3.8, 4) is 0 Å². The standard InChI is InChI=1S/C9H9N.CH2O3.Ca/c1-2-6-9-8(4-1)5-3-7-10-9;2-1(3)4;/h1-6,10H,7H2;(H2,2,3,4);/q;;+2/p-2. The second kappa shape index (κ2) is 7.56. The van der Waals surface area contributed by atoms with Crippen molar-refractivity contribution in [2.75, 3.05) is 11.9 Å². The largest absolute Gasteiger partial charge is 2.00 e. The number of hydrogen-bond donors (Lipinski definition) is 1. The molecule has 1 N–H and O–H groups in total. The molecule has 1 aliphatic heterocycles. The molecule has 1 aliphatic rings. The van der Waals surface area contributed by atoms with Gasteiger partial charge in [0, 0.05) is 12.2 Å². The monoisotopic (exact) mass is 231 g/mol. The molecule has 0 fully saturated rings. The van der Waals surface area contributed by atoms with Gasteiger partial charge < -0.3 is 20.3 Å². The Morgan fingerprint density at radius 1 is 1.27 bits per heavy atom. The van der Waals surface area contributed by atoms with Gasteiger partial charge >= 0.3 is 37.7 Å². The smallest absolute Gasteiger partial charge is 0.652 e. The van der Waals surface area contributed by atoms with Gasteiger partial charge in [-0.3, -0.25) is 0 Å². The zero-order valence-electron chi connectivity index (χ0n) is 8.10. The predicted molar refractivity (Wildman–Crippen MR) is 55.1 cm³/mol. The number of carbonyl (C=O) groups is 1. The molecule has 0 aromatic heterocycles. The first-order valence-electron chi connectivity index (χ1n) is 4.07. The van der Waals surface area contributed by atoms with E-state index in [1.54, 1.807) is 0 Å². The zero-order valence-corrected chi connectivity index (χ0v) is 10.3. The first-order valence-corrected chi connectivity index (χ1v) is 4.07. The van der Waals surface area contributed by atoms with Crippen molar-refractivity contribution in [3.05, 3.63) is 35.9 Å². The Kier molecular flexibility index (Phi) is 7.21. The van der Waals surface area contributed by atoms with E-state index in [1.807, 2.05) is 6.07 Å². The van der Waals surface area contributed by atoms with Crippen molar-refractivity contribution in [3.63, 3.8) is 0 Å². The van der Waals surface area contributed by atoms with E-state index < -0.39 is 6.16 Å². The summed E-state index contributed by atoms with van der Waals surface area (Å²) in [5, 5.41) is 19.9. The van der Waals surface area contributed by atoms with E-state index in [0.29, 0.717) is 0 Å². The van der Waals surface area contributed by atoms with E-state index in [-0.39, 0.29) is 37.7 Å². The van der Waals surface area contributed by atoms with Crippen LogP contribution in [0.4, 0.5) is 10.5 Å². The maximum Gasteiger partial charge on any atom is 2.00 e. The van der Waals surface area contributed by atoms with Crippen LogP contribution in [0.5, 0.6) is 0 Å². The average molecular weight is 231 g/mol. The fourth-order valence-corrected chi connectivity index (χ4v) is 1.16. The molecule has 0 aliphatic carbocycles. The summed E-state index contributed by atoms with van der Waals surface area (Å²) in [6.07, 6.45) is 1.94. The molecule has 5 heteroatoms. The molecule has 1 aromatic rings. The maximum absolute atomic E-state index is 8.33. The summed E-state index contributed by atoms with van der Waals surface area (Å²) in [6, 6.07) is 8.30. The molecule has 15 heavy (non-hydrogen) atoms. The van der Waals surface area contributed by atoms with E-state index in [1.165, 1.54) is 11.3 Å². The van der Waals surface area contributed by atoms with E-state index >= 15 is 0 Å². The molecule has 0 saturated heterocycles. The van der Waals surface area contributed by atoms with Crippen LogP contribution in [0, 0.1) is 0 Å². The summed E-state index contributed by atoms with van der Waals surface area (Å²) in [5.74, 6) is 0. The Bertz CT molecular complexity index is 348. The summed E-state index contributed by atoms with van der Waals surface area (Å²) in [5.41, 5.74) is 2.53. The number of carbonyl (C=O) groups excluding carboxylic acids is 1. The van der Waals surface area contributed by atoms with Crippen molar-refractivity contribution in [1.82, 2.24) is 0 Å². The minimum Gasteiger partial charge on any atom is -0.652 e. The van der Waals surface area contributed by atoms with Gasteiger partial charge in [0.15, 0.2) is 0 Å². The third kappa shape index (κ3) is 5.67. The van der Waals surface area contributed by atoms with Gasteiger partial charge in [-0.25, -0.2) is 0 Å². The van der Waals surface area contributed by atoms with Crippen molar-refractivity contribution < 1.29 is 15.0 Å². The normalized spacial score (nSPS) is 10.9. The molecule has 0 atom stereocenters. The maximum atomic E-state index is 8.33. The van der Waals surface area contributed by atoms with Crippen LogP contribution in [-0.4, -0.2) is 50.4 Å². The Morgan fingerprint density at radius 2 is 1.87 bits per heavy atom. The number of nitrogens with one attached hydrogen (secondary N) is 1. The van der Waals surface area contributed by atoms with Gasteiger partial charge in [-0.1, -0.05) is 30.4 Å².